The molecular formula is C16H19Cl2N3S. The number of nitrogens with one attached hydrogen (secondary N) is 1. The van der Waals surface area contributed by atoms with Crippen LogP contribution in [0.4, 0.5) is 5.13 Å². The van der Waals surface area contributed by atoms with Crippen LogP contribution >= 0.6 is 34.5 Å². The lowest BCUT2D eigenvalue weighted by atomic mass is 10.1. The predicted molar refractivity (Wildman–Crippen MR) is 98.4 cm³/mol. The number of rotatable bonds is 7. The normalized spacial score (nSPS) is 11.7. The number of thiazole rings is 1. The summed E-state index contributed by atoms with van der Waals surface area (Å²) in [4.78, 5) is 4.51. The lowest BCUT2D eigenvalue weighted by Gasteiger charge is -2.01. The number of anilines is 1. The van der Waals surface area contributed by atoms with Crippen molar-refractivity contribution in [3.05, 3.63) is 33.6 Å². The number of unbranched alkanes of at least 4 members (excludes halogenated alkanes) is 2. The van der Waals surface area contributed by atoms with Crippen LogP contribution in [0.2, 0.25) is 10.0 Å². The second-order valence-electron chi connectivity index (χ2n) is 5.08. The first-order valence-electron chi connectivity index (χ1n) is 7.30. The van der Waals surface area contributed by atoms with E-state index in [4.69, 9.17) is 23.2 Å². The van der Waals surface area contributed by atoms with E-state index in [1.165, 1.54) is 30.6 Å². The molecule has 1 aromatic carbocycles. The van der Waals surface area contributed by atoms with E-state index in [-0.39, 0.29) is 0 Å². The summed E-state index contributed by atoms with van der Waals surface area (Å²) in [7, 11) is 0. The van der Waals surface area contributed by atoms with Gasteiger partial charge in [-0.1, -0.05) is 43.0 Å². The van der Waals surface area contributed by atoms with Crippen LogP contribution in [0.3, 0.4) is 0 Å². The first-order chi connectivity index (χ1) is 10.6. The summed E-state index contributed by atoms with van der Waals surface area (Å²) in [5, 5.41) is 8.31. The van der Waals surface area contributed by atoms with Crippen molar-refractivity contribution in [3.63, 3.8) is 0 Å². The fraction of sp³-hybridized carbons (Fsp3) is 0.375. The molecule has 0 aliphatic carbocycles. The molecule has 0 amide bonds. The highest BCUT2D eigenvalue weighted by Gasteiger charge is 2.08. The Hall–Kier alpha value is -1.10. The van der Waals surface area contributed by atoms with Crippen molar-refractivity contribution in [2.24, 2.45) is 5.10 Å². The van der Waals surface area contributed by atoms with Crippen molar-refractivity contribution in [2.75, 3.05) is 5.43 Å². The van der Waals surface area contributed by atoms with Gasteiger partial charge in [0.2, 0.25) is 5.13 Å². The van der Waals surface area contributed by atoms with Crippen LogP contribution in [-0.4, -0.2) is 10.7 Å². The molecule has 1 aromatic heterocycles. The summed E-state index contributed by atoms with van der Waals surface area (Å²) in [6, 6.07) is 5.41. The first kappa shape index (κ1) is 17.3. The minimum absolute atomic E-state index is 0.601. The largest absolute Gasteiger partial charge is 0.253 e. The molecule has 22 heavy (non-hydrogen) atoms. The van der Waals surface area contributed by atoms with Gasteiger partial charge in [0, 0.05) is 21.7 Å². The number of aromatic nitrogens is 1. The van der Waals surface area contributed by atoms with Gasteiger partial charge in [-0.3, -0.25) is 5.43 Å². The molecule has 2 aromatic rings. The summed E-state index contributed by atoms with van der Waals surface area (Å²) >= 11 is 13.6. The third-order valence-corrected chi connectivity index (χ3v) is 4.49. The van der Waals surface area contributed by atoms with E-state index < -0.39 is 0 Å². The second-order valence-corrected chi connectivity index (χ2v) is 6.78. The third-order valence-electron chi connectivity index (χ3n) is 3.20. The van der Waals surface area contributed by atoms with E-state index in [2.05, 4.69) is 22.4 Å². The molecule has 0 spiro atoms. The smallest absolute Gasteiger partial charge is 0.203 e. The van der Waals surface area contributed by atoms with Crippen LogP contribution in [-0.2, 0) is 0 Å². The van der Waals surface area contributed by atoms with Gasteiger partial charge in [0.05, 0.1) is 10.7 Å². The number of hydrazone groups is 1. The summed E-state index contributed by atoms with van der Waals surface area (Å²) in [6.07, 6.45) is 4.65. The topological polar surface area (TPSA) is 37.3 Å². The molecule has 0 unspecified atom stereocenters. The maximum absolute atomic E-state index is 6.20. The number of nitrogens with zero attached hydrogens (tertiary/aromatic N) is 2. The Morgan fingerprint density at radius 1 is 1.32 bits per heavy atom. The molecule has 0 fully saturated rings. The highest BCUT2D eigenvalue weighted by molar-refractivity contribution is 7.14. The summed E-state index contributed by atoms with van der Waals surface area (Å²) < 4.78 is 0. The molecule has 0 atom stereocenters. The van der Waals surface area contributed by atoms with Crippen LogP contribution in [0.15, 0.2) is 28.7 Å². The summed E-state index contributed by atoms with van der Waals surface area (Å²) in [5.74, 6) is 0. The van der Waals surface area contributed by atoms with Crippen LogP contribution in [0, 0.1) is 0 Å². The van der Waals surface area contributed by atoms with E-state index in [9.17, 15) is 0 Å². The van der Waals surface area contributed by atoms with Crippen LogP contribution in [0.1, 0.15) is 39.5 Å². The number of hydrogen-bond acceptors (Lipinski definition) is 4. The molecule has 0 radical (unpaired) electrons. The first-order valence-corrected chi connectivity index (χ1v) is 8.94. The molecule has 0 saturated carbocycles. The zero-order chi connectivity index (χ0) is 15.9. The maximum atomic E-state index is 6.20. The van der Waals surface area contributed by atoms with Gasteiger partial charge in [0.25, 0.3) is 0 Å². The van der Waals surface area contributed by atoms with Crippen molar-refractivity contribution in [3.8, 4) is 11.3 Å². The van der Waals surface area contributed by atoms with E-state index in [0.717, 1.165) is 28.5 Å². The predicted octanol–water partition coefficient (Wildman–Crippen LogP) is 6.49. The van der Waals surface area contributed by atoms with Crippen molar-refractivity contribution >= 4 is 45.4 Å². The van der Waals surface area contributed by atoms with Gasteiger partial charge in [-0.25, -0.2) is 4.98 Å². The van der Waals surface area contributed by atoms with Gasteiger partial charge < -0.3 is 0 Å². The van der Waals surface area contributed by atoms with Crippen molar-refractivity contribution in [1.82, 2.24) is 4.98 Å². The highest BCUT2D eigenvalue weighted by Crippen LogP contribution is 2.32. The van der Waals surface area contributed by atoms with Gasteiger partial charge >= 0.3 is 0 Å². The lowest BCUT2D eigenvalue weighted by Crippen LogP contribution is -1.97. The average Bonchev–Trinajstić information content (AvgIpc) is 2.94. The van der Waals surface area contributed by atoms with E-state index in [1.54, 1.807) is 6.07 Å². The maximum Gasteiger partial charge on any atom is 0.203 e. The summed E-state index contributed by atoms with van der Waals surface area (Å²) in [5.41, 5.74) is 5.81. The van der Waals surface area contributed by atoms with Crippen molar-refractivity contribution in [1.29, 1.82) is 0 Å². The number of benzene rings is 1. The summed E-state index contributed by atoms with van der Waals surface area (Å²) in [6.45, 7) is 4.23. The molecule has 118 valence electrons. The molecule has 0 aliphatic heterocycles. The Kier molecular flexibility index (Phi) is 6.68. The minimum Gasteiger partial charge on any atom is -0.253 e. The fourth-order valence-electron chi connectivity index (χ4n) is 1.98. The lowest BCUT2D eigenvalue weighted by molar-refractivity contribution is 0.740. The molecule has 3 nitrogen and oxygen atoms in total. The van der Waals surface area contributed by atoms with Crippen molar-refractivity contribution in [2.45, 2.75) is 39.5 Å². The quantitative estimate of drug-likeness (QED) is 0.350. The number of halogens is 2. The average molecular weight is 356 g/mol. The zero-order valence-electron chi connectivity index (χ0n) is 12.7. The monoisotopic (exact) mass is 355 g/mol. The standard InChI is InChI=1S/C16H19Cl2N3S/c1-3-4-5-6-11(2)20-21-16-19-15(10-22-16)13-8-7-12(17)9-14(13)18/h7-10H,3-6H2,1-2H3,(H,19,21)/b20-11+. The van der Waals surface area contributed by atoms with Crippen molar-refractivity contribution < 1.29 is 0 Å². The van der Waals surface area contributed by atoms with Crippen LogP contribution in [0.25, 0.3) is 11.3 Å². The molecule has 6 heteroatoms. The second kappa shape index (κ2) is 8.51. The van der Waals surface area contributed by atoms with Gasteiger partial charge in [-0.2, -0.15) is 5.10 Å². The van der Waals surface area contributed by atoms with Crippen LogP contribution in [0.5, 0.6) is 0 Å². The molecule has 0 saturated heterocycles. The molecule has 1 heterocycles. The Balaban J connectivity index is 2.01. The Bertz CT molecular complexity index is 653. The molecule has 0 aliphatic rings. The fourth-order valence-corrected chi connectivity index (χ4v) is 3.13. The Morgan fingerprint density at radius 2 is 2.14 bits per heavy atom. The van der Waals surface area contributed by atoms with Gasteiger partial charge in [0.1, 0.15) is 0 Å². The zero-order valence-corrected chi connectivity index (χ0v) is 15.0. The number of hydrogen-bond donors (Lipinski definition) is 1. The van der Waals surface area contributed by atoms with E-state index in [0.29, 0.717) is 10.0 Å². The Morgan fingerprint density at radius 3 is 2.86 bits per heavy atom. The molecule has 2 rings (SSSR count). The molecule has 1 N–H and O–H groups in total. The van der Waals surface area contributed by atoms with Crippen LogP contribution < -0.4 is 5.43 Å². The molecule has 0 bridgehead atoms. The third kappa shape index (κ3) is 4.97. The molecular weight excluding hydrogens is 337 g/mol. The highest BCUT2D eigenvalue weighted by atomic mass is 35.5. The SMILES string of the molecule is CCCCC/C(C)=N/Nc1nc(-c2ccc(Cl)cc2Cl)cs1. The minimum atomic E-state index is 0.601. The Labute approximate surface area is 145 Å². The van der Waals surface area contributed by atoms with Gasteiger partial charge in [-0.05, 0) is 38.0 Å². The van der Waals surface area contributed by atoms with Gasteiger partial charge in [0.15, 0.2) is 0 Å². The van der Waals surface area contributed by atoms with E-state index in [1.807, 2.05) is 24.4 Å². The van der Waals surface area contributed by atoms with E-state index >= 15 is 0 Å². The van der Waals surface area contributed by atoms with Gasteiger partial charge in [-0.15, -0.1) is 11.3 Å².